The van der Waals surface area contributed by atoms with Gasteiger partial charge in [-0.2, -0.15) is 4.98 Å². The lowest BCUT2D eigenvalue weighted by Gasteiger charge is -2.12. The molecule has 106 valence electrons. The predicted molar refractivity (Wildman–Crippen MR) is 80.3 cm³/mol. The lowest BCUT2D eigenvalue weighted by atomic mass is 10.1. The van der Waals surface area contributed by atoms with Gasteiger partial charge in [0.05, 0.1) is 5.69 Å². The number of nitrogens with zero attached hydrogens (tertiary/aromatic N) is 2. The summed E-state index contributed by atoms with van der Waals surface area (Å²) >= 11 is 6.11. The van der Waals surface area contributed by atoms with Crippen LogP contribution >= 0.6 is 11.6 Å². The Bertz CT molecular complexity index is 614. The van der Waals surface area contributed by atoms with Crippen LogP contribution < -0.4 is 10.5 Å². The van der Waals surface area contributed by atoms with E-state index < -0.39 is 0 Å². The average Bonchev–Trinajstić information content (AvgIpc) is 2.38. The minimum absolute atomic E-state index is 0.303. The van der Waals surface area contributed by atoms with Crippen LogP contribution in [0.3, 0.4) is 0 Å². The number of aromatic nitrogens is 2. The summed E-state index contributed by atoms with van der Waals surface area (Å²) < 4.78 is 5.77. The summed E-state index contributed by atoms with van der Waals surface area (Å²) in [4.78, 5) is 8.72. The van der Waals surface area contributed by atoms with E-state index in [1.165, 1.54) is 0 Å². The molecule has 0 saturated heterocycles. The summed E-state index contributed by atoms with van der Waals surface area (Å²) in [6, 6.07) is 7.70. The van der Waals surface area contributed by atoms with Crippen LogP contribution in [0.25, 0.3) is 0 Å². The molecule has 0 saturated carbocycles. The van der Waals surface area contributed by atoms with Gasteiger partial charge in [0.25, 0.3) is 0 Å². The van der Waals surface area contributed by atoms with Crippen molar-refractivity contribution < 1.29 is 4.74 Å². The van der Waals surface area contributed by atoms with Gasteiger partial charge < -0.3 is 10.5 Å². The quantitative estimate of drug-likeness (QED) is 0.930. The van der Waals surface area contributed by atoms with Crippen molar-refractivity contribution in [1.29, 1.82) is 0 Å². The molecule has 4 nitrogen and oxygen atoms in total. The van der Waals surface area contributed by atoms with Crippen LogP contribution in [-0.4, -0.2) is 9.97 Å². The summed E-state index contributed by atoms with van der Waals surface area (Å²) in [6.45, 7) is 6.38. The Hall–Kier alpha value is -1.65. The molecular weight excluding hydrogens is 274 g/mol. The summed E-state index contributed by atoms with van der Waals surface area (Å²) in [6.07, 6.45) is 0. The van der Waals surface area contributed by atoms with E-state index in [9.17, 15) is 0 Å². The third kappa shape index (κ3) is 3.26. The van der Waals surface area contributed by atoms with Crippen molar-refractivity contribution in [3.05, 3.63) is 46.2 Å². The van der Waals surface area contributed by atoms with Gasteiger partial charge in [-0.25, -0.2) is 4.98 Å². The third-order valence-corrected chi connectivity index (χ3v) is 3.28. The molecule has 0 fully saturated rings. The number of nitrogens with two attached hydrogens (primary N) is 1. The number of rotatable bonds is 4. The van der Waals surface area contributed by atoms with Gasteiger partial charge in [0, 0.05) is 22.8 Å². The lowest BCUT2D eigenvalue weighted by molar-refractivity contribution is 0.432. The van der Waals surface area contributed by atoms with E-state index in [-0.39, 0.29) is 0 Å². The Labute approximate surface area is 124 Å². The second-order valence-electron chi connectivity index (χ2n) is 4.89. The number of aryl methyl sites for hydroxylation is 1. The van der Waals surface area contributed by atoms with Crippen LogP contribution in [0.5, 0.6) is 11.8 Å². The highest BCUT2D eigenvalue weighted by atomic mass is 35.5. The largest absolute Gasteiger partial charge is 0.424 e. The zero-order valence-electron chi connectivity index (χ0n) is 11.9. The maximum atomic E-state index is 6.11. The van der Waals surface area contributed by atoms with Gasteiger partial charge in [-0.15, -0.1) is 0 Å². The van der Waals surface area contributed by atoms with Crippen molar-refractivity contribution in [3.8, 4) is 11.8 Å². The number of ether oxygens (including phenoxy) is 1. The van der Waals surface area contributed by atoms with E-state index in [2.05, 4.69) is 23.8 Å². The molecule has 2 rings (SSSR count). The molecule has 0 spiro atoms. The summed E-state index contributed by atoms with van der Waals surface area (Å²) in [5.74, 6) is 0.910. The number of hydrogen-bond donors (Lipinski definition) is 1. The van der Waals surface area contributed by atoms with Crippen LogP contribution in [0.1, 0.15) is 36.7 Å². The SMILES string of the molecule is Cc1cc(C(C)C)nc(Oc2cccc(Cl)c2CN)n1. The Balaban J connectivity index is 2.37. The van der Waals surface area contributed by atoms with Crippen molar-refractivity contribution in [3.63, 3.8) is 0 Å². The van der Waals surface area contributed by atoms with Gasteiger partial charge in [0.15, 0.2) is 0 Å². The van der Waals surface area contributed by atoms with Gasteiger partial charge in [-0.1, -0.05) is 31.5 Å². The molecule has 1 heterocycles. The van der Waals surface area contributed by atoms with Crippen LogP contribution in [0.15, 0.2) is 24.3 Å². The van der Waals surface area contributed by atoms with Gasteiger partial charge in [0.1, 0.15) is 5.75 Å². The molecule has 0 atom stereocenters. The molecule has 0 aliphatic rings. The fourth-order valence-corrected chi connectivity index (χ4v) is 2.08. The molecular formula is C15H18ClN3O. The monoisotopic (exact) mass is 291 g/mol. The molecule has 20 heavy (non-hydrogen) atoms. The zero-order chi connectivity index (χ0) is 14.7. The number of halogens is 1. The van der Waals surface area contributed by atoms with Crippen molar-refractivity contribution in [2.24, 2.45) is 5.73 Å². The van der Waals surface area contributed by atoms with E-state index in [0.29, 0.717) is 29.2 Å². The predicted octanol–water partition coefficient (Wildman–Crippen LogP) is 3.81. The van der Waals surface area contributed by atoms with E-state index in [0.717, 1.165) is 17.0 Å². The highest BCUT2D eigenvalue weighted by Gasteiger charge is 2.11. The topological polar surface area (TPSA) is 61.0 Å². The Kier molecular flexibility index (Phi) is 4.57. The van der Waals surface area contributed by atoms with Crippen LogP contribution in [0.4, 0.5) is 0 Å². The molecule has 0 bridgehead atoms. The summed E-state index contributed by atoms with van der Waals surface area (Å²) in [7, 11) is 0. The first kappa shape index (κ1) is 14.8. The smallest absolute Gasteiger partial charge is 0.322 e. The second kappa shape index (κ2) is 6.20. The molecule has 2 aromatic rings. The molecule has 0 aliphatic heterocycles. The highest BCUT2D eigenvalue weighted by Crippen LogP contribution is 2.29. The molecule has 1 aromatic heterocycles. The minimum Gasteiger partial charge on any atom is -0.424 e. The van der Waals surface area contributed by atoms with Gasteiger partial charge in [0.2, 0.25) is 0 Å². The molecule has 2 N–H and O–H groups in total. The normalized spacial score (nSPS) is 10.9. The van der Waals surface area contributed by atoms with E-state index in [1.807, 2.05) is 25.1 Å². The van der Waals surface area contributed by atoms with Crippen molar-refractivity contribution in [2.75, 3.05) is 0 Å². The maximum Gasteiger partial charge on any atom is 0.322 e. The zero-order valence-corrected chi connectivity index (χ0v) is 12.6. The molecule has 0 aliphatic carbocycles. The number of hydrogen-bond acceptors (Lipinski definition) is 4. The maximum absolute atomic E-state index is 6.11. The molecule has 0 amide bonds. The molecule has 5 heteroatoms. The van der Waals surface area contributed by atoms with Gasteiger partial charge in [-0.05, 0) is 31.0 Å². The van der Waals surface area contributed by atoms with Gasteiger partial charge >= 0.3 is 6.01 Å². The van der Waals surface area contributed by atoms with Crippen molar-refractivity contribution >= 4 is 11.6 Å². The second-order valence-corrected chi connectivity index (χ2v) is 5.30. The van der Waals surface area contributed by atoms with Crippen LogP contribution in [0, 0.1) is 6.92 Å². The molecule has 0 unspecified atom stereocenters. The fraction of sp³-hybridized carbons (Fsp3) is 0.333. The number of benzene rings is 1. The van der Waals surface area contributed by atoms with E-state index >= 15 is 0 Å². The minimum atomic E-state index is 0.303. The van der Waals surface area contributed by atoms with Gasteiger partial charge in [-0.3, -0.25) is 0 Å². The Morgan fingerprint density at radius 2 is 2.05 bits per heavy atom. The Morgan fingerprint density at radius 3 is 2.70 bits per heavy atom. The molecule has 0 radical (unpaired) electrons. The highest BCUT2D eigenvalue weighted by molar-refractivity contribution is 6.31. The summed E-state index contributed by atoms with van der Waals surface area (Å²) in [5.41, 5.74) is 8.28. The van der Waals surface area contributed by atoms with Crippen molar-refractivity contribution in [1.82, 2.24) is 9.97 Å². The van der Waals surface area contributed by atoms with E-state index in [1.54, 1.807) is 6.07 Å². The standard InChI is InChI=1S/C15H18ClN3O/c1-9(2)13-7-10(3)18-15(19-13)20-14-6-4-5-12(16)11(14)8-17/h4-7,9H,8,17H2,1-3H3. The average molecular weight is 292 g/mol. The lowest BCUT2D eigenvalue weighted by Crippen LogP contribution is -2.04. The van der Waals surface area contributed by atoms with Crippen LogP contribution in [0.2, 0.25) is 5.02 Å². The van der Waals surface area contributed by atoms with Crippen molar-refractivity contribution in [2.45, 2.75) is 33.2 Å². The Morgan fingerprint density at radius 1 is 1.30 bits per heavy atom. The first-order valence-corrected chi connectivity index (χ1v) is 6.90. The summed E-state index contributed by atoms with van der Waals surface area (Å²) in [5, 5.41) is 0.585. The van der Waals surface area contributed by atoms with E-state index in [4.69, 9.17) is 22.1 Å². The first-order chi connectivity index (χ1) is 9.51. The third-order valence-electron chi connectivity index (χ3n) is 2.93. The fourth-order valence-electron chi connectivity index (χ4n) is 1.84. The first-order valence-electron chi connectivity index (χ1n) is 6.52. The molecule has 1 aromatic carbocycles. The van der Waals surface area contributed by atoms with Crippen LogP contribution in [-0.2, 0) is 6.54 Å².